The molecule has 0 aromatic heterocycles. The van der Waals surface area contributed by atoms with Crippen molar-refractivity contribution in [1.29, 1.82) is 0 Å². The molecule has 0 aliphatic carbocycles. The van der Waals surface area contributed by atoms with Gasteiger partial charge in [-0.15, -0.1) is 0 Å². The fraction of sp³-hybridized carbons (Fsp3) is 1.00. The zero-order chi connectivity index (χ0) is 13.8. The van der Waals surface area contributed by atoms with Gasteiger partial charge in [-0.05, 0) is 58.0 Å². The molecular formula is C16H34N2. The molecule has 1 rings (SSSR count). The van der Waals surface area contributed by atoms with Crippen molar-refractivity contribution in [3.05, 3.63) is 0 Å². The third-order valence-corrected chi connectivity index (χ3v) is 3.92. The Kier molecular flexibility index (Phi) is 5.67. The maximum absolute atomic E-state index is 3.69. The van der Waals surface area contributed by atoms with E-state index >= 15 is 0 Å². The number of likely N-dealkylation sites (tertiary alicyclic amines) is 1. The van der Waals surface area contributed by atoms with Crippen LogP contribution in [0.3, 0.4) is 0 Å². The molecule has 1 unspecified atom stereocenters. The first-order valence-corrected chi connectivity index (χ1v) is 7.73. The molecule has 18 heavy (non-hydrogen) atoms. The van der Waals surface area contributed by atoms with E-state index in [-0.39, 0.29) is 0 Å². The molecule has 0 aromatic carbocycles. The summed E-state index contributed by atoms with van der Waals surface area (Å²) in [5, 5.41) is 3.69. The van der Waals surface area contributed by atoms with Crippen molar-refractivity contribution in [2.45, 2.75) is 78.8 Å². The second-order valence-electron chi connectivity index (χ2n) is 7.79. The Bertz CT molecular complexity index is 240. The van der Waals surface area contributed by atoms with Crippen LogP contribution < -0.4 is 5.32 Å². The summed E-state index contributed by atoms with van der Waals surface area (Å²) in [6, 6.07) is 0.706. The largest absolute Gasteiger partial charge is 0.313 e. The predicted molar refractivity (Wildman–Crippen MR) is 81.0 cm³/mol. The maximum Gasteiger partial charge on any atom is 0.0195 e. The number of hydrogen-bond donors (Lipinski definition) is 1. The lowest BCUT2D eigenvalue weighted by atomic mass is 9.80. The van der Waals surface area contributed by atoms with Crippen LogP contribution in [0, 0.1) is 5.41 Å². The van der Waals surface area contributed by atoms with Crippen LogP contribution in [0.1, 0.15) is 67.2 Å². The van der Waals surface area contributed by atoms with E-state index in [1.807, 2.05) is 0 Å². The van der Waals surface area contributed by atoms with Gasteiger partial charge < -0.3 is 5.32 Å². The van der Waals surface area contributed by atoms with Gasteiger partial charge in [-0.3, -0.25) is 4.90 Å². The Hall–Kier alpha value is -0.0800. The normalized spacial score (nSPS) is 23.3. The highest BCUT2D eigenvalue weighted by atomic mass is 15.2. The van der Waals surface area contributed by atoms with E-state index in [1.54, 1.807) is 0 Å². The van der Waals surface area contributed by atoms with Gasteiger partial charge in [0.25, 0.3) is 0 Å². The van der Waals surface area contributed by atoms with Crippen LogP contribution in [0.25, 0.3) is 0 Å². The molecule has 0 aromatic rings. The molecule has 2 heteroatoms. The first-order chi connectivity index (χ1) is 8.24. The summed E-state index contributed by atoms with van der Waals surface area (Å²) in [6.07, 6.45) is 5.19. The highest BCUT2D eigenvalue weighted by Crippen LogP contribution is 2.32. The molecule has 1 N–H and O–H groups in total. The van der Waals surface area contributed by atoms with Crippen LogP contribution in [0.4, 0.5) is 0 Å². The highest BCUT2D eigenvalue weighted by Gasteiger charge is 2.34. The first-order valence-electron chi connectivity index (χ1n) is 7.73. The molecule has 0 saturated carbocycles. The zero-order valence-electron chi connectivity index (χ0n) is 13.5. The molecule has 0 bridgehead atoms. The Morgan fingerprint density at radius 2 is 1.83 bits per heavy atom. The second kappa shape index (κ2) is 6.38. The summed E-state index contributed by atoms with van der Waals surface area (Å²) < 4.78 is 0. The van der Waals surface area contributed by atoms with Crippen molar-refractivity contribution >= 4 is 0 Å². The summed E-state index contributed by atoms with van der Waals surface area (Å²) in [6.45, 7) is 17.8. The zero-order valence-corrected chi connectivity index (χ0v) is 13.5. The molecule has 2 nitrogen and oxygen atoms in total. The van der Waals surface area contributed by atoms with E-state index in [0.29, 0.717) is 17.0 Å². The van der Waals surface area contributed by atoms with Crippen molar-refractivity contribution in [1.82, 2.24) is 10.2 Å². The fourth-order valence-electron chi connectivity index (χ4n) is 3.45. The van der Waals surface area contributed by atoms with Crippen LogP contribution in [-0.2, 0) is 0 Å². The molecule has 1 saturated heterocycles. The van der Waals surface area contributed by atoms with E-state index in [4.69, 9.17) is 0 Å². The summed E-state index contributed by atoms with van der Waals surface area (Å²) in [5.41, 5.74) is 0.734. The van der Waals surface area contributed by atoms with Gasteiger partial charge in [0.1, 0.15) is 0 Å². The number of hydrogen-bond acceptors (Lipinski definition) is 2. The molecule has 1 aliphatic rings. The molecule has 0 amide bonds. The Morgan fingerprint density at radius 3 is 2.39 bits per heavy atom. The van der Waals surface area contributed by atoms with Crippen molar-refractivity contribution in [2.75, 3.05) is 19.6 Å². The number of nitrogens with one attached hydrogen (secondary N) is 1. The van der Waals surface area contributed by atoms with E-state index in [0.717, 1.165) is 6.54 Å². The summed E-state index contributed by atoms with van der Waals surface area (Å²) in [4.78, 5) is 2.70. The molecule has 1 heterocycles. The lowest BCUT2D eigenvalue weighted by molar-refractivity contribution is 0.0465. The van der Waals surface area contributed by atoms with E-state index in [2.05, 4.69) is 51.8 Å². The minimum absolute atomic E-state index is 0.324. The third kappa shape index (κ3) is 5.27. The lowest BCUT2D eigenvalue weighted by Crippen LogP contribution is -2.55. The summed E-state index contributed by atoms with van der Waals surface area (Å²) in [7, 11) is 0. The van der Waals surface area contributed by atoms with E-state index in [1.165, 1.54) is 38.8 Å². The maximum atomic E-state index is 3.69. The van der Waals surface area contributed by atoms with Gasteiger partial charge in [-0.1, -0.05) is 27.7 Å². The Labute approximate surface area is 115 Å². The fourth-order valence-corrected chi connectivity index (χ4v) is 3.45. The summed E-state index contributed by atoms with van der Waals surface area (Å²) in [5.74, 6) is 0. The number of nitrogens with zero attached hydrogens (tertiary/aromatic N) is 1. The Balaban J connectivity index is 2.54. The van der Waals surface area contributed by atoms with Gasteiger partial charge in [0.05, 0.1) is 0 Å². The first kappa shape index (κ1) is 16.0. The monoisotopic (exact) mass is 254 g/mol. The average molecular weight is 254 g/mol. The number of piperidine rings is 1. The third-order valence-electron chi connectivity index (χ3n) is 3.92. The van der Waals surface area contributed by atoms with Crippen LogP contribution in [0.5, 0.6) is 0 Å². The lowest BCUT2D eigenvalue weighted by Gasteiger charge is -2.46. The topological polar surface area (TPSA) is 15.3 Å². The highest BCUT2D eigenvalue weighted by molar-refractivity contribution is 4.90. The SMILES string of the molecule is CCCNC1CCCN(C(C)(C)CC(C)(C)C)C1. The molecule has 0 radical (unpaired) electrons. The van der Waals surface area contributed by atoms with Gasteiger partial charge in [0.15, 0.2) is 0 Å². The van der Waals surface area contributed by atoms with Crippen LogP contribution in [0.15, 0.2) is 0 Å². The Morgan fingerprint density at radius 1 is 1.17 bits per heavy atom. The molecule has 0 spiro atoms. The van der Waals surface area contributed by atoms with Gasteiger partial charge in [0.2, 0.25) is 0 Å². The molecule has 108 valence electrons. The van der Waals surface area contributed by atoms with Crippen molar-refractivity contribution in [2.24, 2.45) is 5.41 Å². The minimum atomic E-state index is 0.324. The van der Waals surface area contributed by atoms with E-state index in [9.17, 15) is 0 Å². The quantitative estimate of drug-likeness (QED) is 0.805. The standard InChI is InChI=1S/C16H34N2/c1-7-10-17-14-9-8-11-18(12-14)16(5,6)13-15(2,3)4/h14,17H,7-13H2,1-6H3. The predicted octanol–water partition coefficient (Wildman–Crippen LogP) is 3.67. The average Bonchev–Trinajstić information content (AvgIpc) is 2.23. The van der Waals surface area contributed by atoms with E-state index < -0.39 is 0 Å². The van der Waals surface area contributed by atoms with Gasteiger partial charge in [-0.2, -0.15) is 0 Å². The smallest absolute Gasteiger partial charge is 0.0195 e. The van der Waals surface area contributed by atoms with Crippen molar-refractivity contribution in [3.8, 4) is 0 Å². The van der Waals surface area contributed by atoms with Crippen LogP contribution in [0.2, 0.25) is 0 Å². The summed E-state index contributed by atoms with van der Waals surface area (Å²) >= 11 is 0. The molecule has 1 fully saturated rings. The van der Waals surface area contributed by atoms with Gasteiger partial charge >= 0.3 is 0 Å². The van der Waals surface area contributed by atoms with Gasteiger partial charge in [0, 0.05) is 18.1 Å². The minimum Gasteiger partial charge on any atom is -0.313 e. The number of rotatable bonds is 5. The van der Waals surface area contributed by atoms with Crippen molar-refractivity contribution < 1.29 is 0 Å². The van der Waals surface area contributed by atoms with Crippen LogP contribution >= 0.6 is 0 Å². The molecular weight excluding hydrogens is 220 g/mol. The van der Waals surface area contributed by atoms with Crippen molar-refractivity contribution in [3.63, 3.8) is 0 Å². The molecule has 1 aliphatic heterocycles. The van der Waals surface area contributed by atoms with Gasteiger partial charge in [-0.25, -0.2) is 0 Å². The van der Waals surface area contributed by atoms with Crippen LogP contribution in [-0.4, -0.2) is 36.1 Å². The second-order valence-corrected chi connectivity index (χ2v) is 7.79. The molecule has 1 atom stereocenters.